The van der Waals surface area contributed by atoms with Crippen molar-refractivity contribution in [2.75, 3.05) is 26.9 Å². The van der Waals surface area contributed by atoms with Gasteiger partial charge in [-0.2, -0.15) is 0 Å². The molecule has 2 aliphatic rings. The van der Waals surface area contributed by atoms with E-state index in [-0.39, 0.29) is 12.2 Å². The fourth-order valence-electron chi connectivity index (χ4n) is 3.51. The summed E-state index contributed by atoms with van der Waals surface area (Å²) in [5.41, 5.74) is 1.13. The van der Waals surface area contributed by atoms with Crippen LogP contribution in [0.4, 0.5) is 0 Å². The first kappa shape index (κ1) is 15.5. The highest BCUT2D eigenvalue weighted by molar-refractivity contribution is 5.25. The molecule has 1 aromatic rings. The number of pyridine rings is 1. The lowest BCUT2D eigenvalue weighted by molar-refractivity contribution is -0.111. The first-order valence-corrected chi connectivity index (χ1v) is 7.89. The lowest BCUT2D eigenvalue weighted by Gasteiger charge is -2.39. The van der Waals surface area contributed by atoms with Crippen LogP contribution in [0, 0.1) is 0 Å². The molecule has 22 heavy (non-hydrogen) atoms. The van der Waals surface area contributed by atoms with Crippen molar-refractivity contribution in [2.24, 2.45) is 0 Å². The number of ether oxygens (including phenoxy) is 3. The molecule has 0 spiro atoms. The quantitative estimate of drug-likeness (QED) is 0.752. The minimum Gasteiger partial charge on any atom is -0.481 e. The standard InChI is InChI=1S/C17H24N2O3/c1-3-10-21-15-7-6-14-16(15)22-11-9-19(14)12-13-5-4-8-18-17(13)20-2/h3-5,8,14-16H,1,6-7,9-12H2,2H3/t14-,15+,16+/m1/s1. The van der Waals surface area contributed by atoms with Crippen LogP contribution < -0.4 is 4.74 Å². The number of aromatic nitrogens is 1. The van der Waals surface area contributed by atoms with Gasteiger partial charge < -0.3 is 14.2 Å². The molecule has 3 atom stereocenters. The fraction of sp³-hybridized carbons (Fsp3) is 0.588. The van der Waals surface area contributed by atoms with Crippen molar-refractivity contribution in [2.45, 2.75) is 37.6 Å². The Bertz CT molecular complexity index is 508. The van der Waals surface area contributed by atoms with Crippen molar-refractivity contribution in [1.82, 2.24) is 9.88 Å². The zero-order valence-electron chi connectivity index (χ0n) is 13.1. The van der Waals surface area contributed by atoms with Gasteiger partial charge >= 0.3 is 0 Å². The maximum Gasteiger partial charge on any atom is 0.217 e. The van der Waals surface area contributed by atoms with Crippen molar-refractivity contribution in [3.63, 3.8) is 0 Å². The second-order valence-electron chi connectivity index (χ2n) is 5.78. The molecule has 0 aromatic carbocycles. The molecule has 5 nitrogen and oxygen atoms in total. The fourth-order valence-corrected chi connectivity index (χ4v) is 3.51. The Morgan fingerprint density at radius 3 is 3.23 bits per heavy atom. The molecule has 2 heterocycles. The van der Waals surface area contributed by atoms with Gasteiger partial charge in [0.15, 0.2) is 0 Å². The monoisotopic (exact) mass is 304 g/mol. The average Bonchev–Trinajstić information content (AvgIpc) is 2.97. The van der Waals surface area contributed by atoms with Crippen LogP contribution in [0.3, 0.4) is 0 Å². The molecule has 0 amide bonds. The molecule has 0 radical (unpaired) electrons. The number of hydrogen-bond donors (Lipinski definition) is 0. The second-order valence-corrected chi connectivity index (χ2v) is 5.78. The summed E-state index contributed by atoms with van der Waals surface area (Å²) in [5, 5.41) is 0. The van der Waals surface area contributed by atoms with E-state index in [9.17, 15) is 0 Å². The van der Waals surface area contributed by atoms with Gasteiger partial charge in [-0.15, -0.1) is 6.58 Å². The van der Waals surface area contributed by atoms with Crippen LogP contribution in [-0.2, 0) is 16.0 Å². The largest absolute Gasteiger partial charge is 0.481 e. The molecule has 1 aromatic heterocycles. The van der Waals surface area contributed by atoms with Crippen molar-refractivity contribution in [3.05, 3.63) is 36.5 Å². The summed E-state index contributed by atoms with van der Waals surface area (Å²) in [7, 11) is 1.67. The van der Waals surface area contributed by atoms with Gasteiger partial charge in [-0.25, -0.2) is 4.98 Å². The number of hydrogen-bond acceptors (Lipinski definition) is 5. The molecule has 5 heteroatoms. The number of methoxy groups -OCH3 is 1. The Hall–Kier alpha value is -1.43. The van der Waals surface area contributed by atoms with Gasteiger partial charge in [-0.3, -0.25) is 4.90 Å². The van der Waals surface area contributed by atoms with Crippen LogP contribution in [0.2, 0.25) is 0 Å². The average molecular weight is 304 g/mol. The van der Waals surface area contributed by atoms with E-state index in [1.807, 2.05) is 6.07 Å². The van der Waals surface area contributed by atoms with Gasteiger partial charge in [-0.1, -0.05) is 12.1 Å². The molecule has 2 fully saturated rings. The van der Waals surface area contributed by atoms with E-state index >= 15 is 0 Å². The van der Waals surface area contributed by atoms with E-state index in [0.29, 0.717) is 18.5 Å². The predicted octanol–water partition coefficient (Wildman–Crippen LogP) is 2.02. The highest BCUT2D eigenvalue weighted by atomic mass is 16.5. The van der Waals surface area contributed by atoms with E-state index in [2.05, 4.69) is 22.5 Å². The number of rotatable bonds is 6. The van der Waals surface area contributed by atoms with Crippen molar-refractivity contribution in [3.8, 4) is 5.88 Å². The van der Waals surface area contributed by atoms with E-state index in [4.69, 9.17) is 14.2 Å². The molecular formula is C17H24N2O3. The highest BCUT2D eigenvalue weighted by Crippen LogP contribution is 2.33. The van der Waals surface area contributed by atoms with E-state index in [1.54, 1.807) is 19.4 Å². The molecule has 0 bridgehead atoms. The van der Waals surface area contributed by atoms with Crippen LogP contribution in [0.25, 0.3) is 0 Å². The van der Waals surface area contributed by atoms with E-state index in [0.717, 1.165) is 38.1 Å². The lowest BCUT2D eigenvalue weighted by atomic mass is 10.1. The van der Waals surface area contributed by atoms with E-state index in [1.165, 1.54) is 0 Å². The van der Waals surface area contributed by atoms with Crippen molar-refractivity contribution in [1.29, 1.82) is 0 Å². The number of fused-ring (bicyclic) bond motifs is 1. The molecule has 0 unspecified atom stereocenters. The minimum atomic E-state index is 0.163. The molecule has 0 N–H and O–H groups in total. The van der Waals surface area contributed by atoms with E-state index < -0.39 is 0 Å². The van der Waals surface area contributed by atoms with Crippen LogP contribution >= 0.6 is 0 Å². The summed E-state index contributed by atoms with van der Waals surface area (Å²) >= 11 is 0. The Labute approximate surface area is 131 Å². The smallest absolute Gasteiger partial charge is 0.217 e. The third kappa shape index (κ3) is 3.16. The summed E-state index contributed by atoms with van der Waals surface area (Å²) in [5.74, 6) is 0.711. The Kier molecular flexibility index (Phi) is 5.08. The summed E-state index contributed by atoms with van der Waals surface area (Å²) in [6, 6.07) is 4.45. The van der Waals surface area contributed by atoms with Gasteiger partial charge in [-0.05, 0) is 18.9 Å². The predicted molar refractivity (Wildman–Crippen MR) is 83.9 cm³/mol. The number of morpholine rings is 1. The Morgan fingerprint density at radius 1 is 1.50 bits per heavy atom. The first-order chi connectivity index (χ1) is 10.8. The zero-order valence-corrected chi connectivity index (χ0v) is 13.1. The SMILES string of the molecule is C=CCO[C@H]1CC[C@@H]2[C@@H]1OCCN2Cc1cccnc1OC. The van der Waals surface area contributed by atoms with Crippen molar-refractivity contribution < 1.29 is 14.2 Å². The van der Waals surface area contributed by atoms with Gasteiger partial charge in [0.2, 0.25) is 5.88 Å². The van der Waals surface area contributed by atoms with Gasteiger partial charge in [0.1, 0.15) is 0 Å². The first-order valence-electron chi connectivity index (χ1n) is 7.89. The van der Waals surface area contributed by atoms with Crippen LogP contribution in [0.1, 0.15) is 18.4 Å². The minimum absolute atomic E-state index is 0.163. The van der Waals surface area contributed by atoms with Gasteiger partial charge in [0.25, 0.3) is 0 Å². The molecule has 120 valence electrons. The Morgan fingerprint density at radius 2 is 2.41 bits per heavy atom. The van der Waals surface area contributed by atoms with Crippen LogP contribution in [-0.4, -0.2) is 55.0 Å². The molecule has 1 aliphatic heterocycles. The zero-order chi connectivity index (χ0) is 15.4. The number of nitrogens with zero attached hydrogens (tertiary/aromatic N) is 2. The lowest BCUT2D eigenvalue weighted by Crippen LogP contribution is -2.51. The van der Waals surface area contributed by atoms with Crippen molar-refractivity contribution >= 4 is 0 Å². The highest BCUT2D eigenvalue weighted by Gasteiger charge is 2.43. The molecule has 3 rings (SSSR count). The summed E-state index contributed by atoms with van der Waals surface area (Å²) in [4.78, 5) is 6.76. The molecule has 1 saturated carbocycles. The second kappa shape index (κ2) is 7.22. The third-order valence-corrected chi connectivity index (χ3v) is 4.50. The summed E-state index contributed by atoms with van der Waals surface area (Å²) in [6.07, 6.45) is 6.06. The topological polar surface area (TPSA) is 43.8 Å². The third-order valence-electron chi connectivity index (χ3n) is 4.50. The van der Waals surface area contributed by atoms with Crippen LogP contribution in [0.5, 0.6) is 5.88 Å². The maximum atomic E-state index is 5.99. The molecule has 1 saturated heterocycles. The van der Waals surface area contributed by atoms with Crippen LogP contribution in [0.15, 0.2) is 31.0 Å². The van der Waals surface area contributed by atoms with Gasteiger partial charge in [0.05, 0.1) is 32.5 Å². The Balaban J connectivity index is 1.68. The maximum absolute atomic E-state index is 5.99. The normalized spacial score (nSPS) is 28.3. The summed E-state index contributed by atoms with van der Waals surface area (Å²) in [6.45, 7) is 6.84. The van der Waals surface area contributed by atoms with Gasteiger partial charge in [0, 0.05) is 30.9 Å². The summed E-state index contributed by atoms with van der Waals surface area (Å²) < 4.78 is 17.2. The molecule has 1 aliphatic carbocycles. The molecular weight excluding hydrogens is 280 g/mol.